The number of anilines is 1. The van der Waals surface area contributed by atoms with E-state index in [2.05, 4.69) is 83.9 Å². The molecule has 140 valence electrons. The fraction of sp³-hybridized carbons (Fsp3) is 0.0800. The molecule has 0 saturated carbocycles. The lowest BCUT2D eigenvalue weighted by molar-refractivity contribution is 0.235. The lowest BCUT2D eigenvalue weighted by Crippen LogP contribution is -2.22. The summed E-state index contributed by atoms with van der Waals surface area (Å²) >= 11 is 0. The van der Waals surface area contributed by atoms with Crippen molar-refractivity contribution >= 4 is 22.0 Å². The molecule has 4 nitrogen and oxygen atoms in total. The zero-order valence-electron chi connectivity index (χ0n) is 16.0. The molecule has 1 aliphatic rings. The van der Waals surface area contributed by atoms with Crippen LogP contribution in [-0.2, 0) is 0 Å². The van der Waals surface area contributed by atoms with Crippen molar-refractivity contribution in [3.63, 3.8) is 0 Å². The molecular formula is C25H19N3O. The van der Waals surface area contributed by atoms with Gasteiger partial charge in [-0.2, -0.15) is 5.10 Å². The van der Waals surface area contributed by atoms with Crippen LogP contribution in [-0.4, -0.2) is 16.7 Å². The molecule has 0 radical (unpaired) electrons. The second-order valence-corrected chi connectivity index (χ2v) is 7.46. The fourth-order valence-corrected chi connectivity index (χ4v) is 4.17. The van der Waals surface area contributed by atoms with Crippen molar-refractivity contribution in [1.29, 1.82) is 0 Å². The molecule has 3 aromatic carbocycles. The zero-order valence-corrected chi connectivity index (χ0v) is 16.0. The highest BCUT2D eigenvalue weighted by Gasteiger charge is 2.28. The lowest BCUT2D eigenvalue weighted by Gasteiger charge is -2.21. The number of rotatable bonds is 2. The van der Waals surface area contributed by atoms with E-state index in [1.54, 1.807) is 0 Å². The van der Waals surface area contributed by atoms with Gasteiger partial charge in [0.05, 0.1) is 17.4 Å². The van der Waals surface area contributed by atoms with E-state index in [4.69, 9.17) is 4.74 Å². The molecule has 0 saturated heterocycles. The summed E-state index contributed by atoms with van der Waals surface area (Å²) in [6, 6.07) is 27.3. The van der Waals surface area contributed by atoms with Crippen LogP contribution in [0.2, 0.25) is 0 Å². The number of nitrogens with zero attached hydrogens (tertiary/aromatic N) is 3. The van der Waals surface area contributed by atoms with Crippen molar-refractivity contribution in [3.05, 3.63) is 96.8 Å². The minimum absolute atomic E-state index is 0.102. The Bertz CT molecular complexity index is 1350. The summed E-state index contributed by atoms with van der Waals surface area (Å²) < 4.78 is 8.12. The average Bonchev–Trinajstić information content (AvgIpc) is 3.33. The van der Waals surface area contributed by atoms with E-state index in [1.165, 1.54) is 10.8 Å². The van der Waals surface area contributed by atoms with E-state index in [9.17, 15) is 0 Å². The van der Waals surface area contributed by atoms with Crippen LogP contribution in [0.15, 0.2) is 91.3 Å². The Hall–Kier alpha value is -3.79. The number of hydrogen-bond acceptors (Lipinski definition) is 3. The Kier molecular flexibility index (Phi) is 3.41. The van der Waals surface area contributed by atoms with Gasteiger partial charge in [0.2, 0.25) is 0 Å². The van der Waals surface area contributed by atoms with Crippen LogP contribution in [0.4, 0.5) is 5.69 Å². The first-order chi connectivity index (χ1) is 14.3. The lowest BCUT2D eigenvalue weighted by atomic mass is 10.0. The highest BCUT2D eigenvalue weighted by atomic mass is 16.5. The number of pyridine rings is 1. The Morgan fingerprint density at radius 3 is 2.45 bits per heavy atom. The van der Waals surface area contributed by atoms with Gasteiger partial charge in [-0.1, -0.05) is 60.7 Å². The van der Waals surface area contributed by atoms with Crippen LogP contribution in [0.3, 0.4) is 0 Å². The van der Waals surface area contributed by atoms with Gasteiger partial charge in [-0.3, -0.25) is 0 Å². The normalized spacial score (nSPS) is 15.6. The number of hydrogen-bond donors (Lipinski definition) is 0. The molecule has 5 aromatic rings. The van der Waals surface area contributed by atoms with Gasteiger partial charge >= 0.3 is 0 Å². The van der Waals surface area contributed by atoms with E-state index < -0.39 is 0 Å². The van der Waals surface area contributed by atoms with Crippen LogP contribution in [0.1, 0.15) is 11.8 Å². The third-order valence-corrected chi connectivity index (χ3v) is 5.73. The topological polar surface area (TPSA) is 29.8 Å². The van der Waals surface area contributed by atoms with Gasteiger partial charge in [0, 0.05) is 29.8 Å². The summed E-state index contributed by atoms with van der Waals surface area (Å²) in [4.78, 5) is 2.17. The first-order valence-electron chi connectivity index (χ1n) is 9.73. The Morgan fingerprint density at radius 2 is 1.62 bits per heavy atom. The summed E-state index contributed by atoms with van der Waals surface area (Å²) in [6.07, 6.45) is 3.92. The van der Waals surface area contributed by atoms with E-state index in [-0.39, 0.29) is 6.23 Å². The molecule has 0 bridgehead atoms. The second-order valence-electron chi connectivity index (χ2n) is 7.46. The van der Waals surface area contributed by atoms with Crippen molar-refractivity contribution in [2.75, 3.05) is 11.9 Å². The van der Waals surface area contributed by atoms with Gasteiger partial charge in [0.1, 0.15) is 5.75 Å². The van der Waals surface area contributed by atoms with Crippen LogP contribution >= 0.6 is 0 Å². The quantitative estimate of drug-likeness (QED) is 0.396. The summed E-state index contributed by atoms with van der Waals surface area (Å²) in [5, 5.41) is 6.97. The van der Waals surface area contributed by atoms with Crippen LogP contribution in [0.25, 0.3) is 27.4 Å². The molecule has 0 fully saturated rings. The summed E-state index contributed by atoms with van der Waals surface area (Å²) in [7, 11) is 2.07. The molecule has 4 heteroatoms. The number of ether oxygens (including phenoxy) is 1. The first kappa shape index (κ1) is 16.2. The molecule has 0 spiro atoms. The van der Waals surface area contributed by atoms with Gasteiger partial charge in [0.15, 0.2) is 6.23 Å². The number of benzene rings is 3. The first-order valence-corrected chi connectivity index (χ1v) is 9.73. The predicted octanol–water partition coefficient (Wildman–Crippen LogP) is 5.68. The molecule has 3 heterocycles. The molecule has 6 rings (SSSR count). The minimum atomic E-state index is -0.102. The SMILES string of the molecule is CN1c2ccccc2OC1c1ccc(-c2cnn3cc4ccccc4cc23)cc1. The largest absolute Gasteiger partial charge is 0.464 e. The van der Waals surface area contributed by atoms with Crippen LogP contribution in [0, 0.1) is 0 Å². The maximum atomic E-state index is 6.16. The summed E-state index contributed by atoms with van der Waals surface area (Å²) in [6.45, 7) is 0. The summed E-state index contributed by atoms with van der Waals surface area (Å²) in [5.41, 5.74) is 5.65. The maximum absolute atomic E-state index is 6.16. The third kappa shape index (κ3) is 2.49. The minimum Gasteiger partial charge on any atom is -0.464 e. The molecule has 1 atom stereocenters. The maximum Gasteiger partial charge on any atom is 0.198 e. The Labute approximate surface area is 168 Å². The Balaban J connectivity index is 1.37. The molecule has 0 aliphatic carbocycles. The molecule has 29 heavy (non-hydrogen) atoms. The average molecular weight is 377 g/mol. The molecule has 1 aliphatic heterocycles. The number of para-hydroxylation sites is 2. The van der Waals surface area contributed by atoms with Crippen LogP contribution < -0.4 is 9.64 Å². The van der Waals surface area contributed by atoms with E-state index in [0.29, 0.717) is 0 Å². The zero-order chi connectivity index (χ0) is 19.4. The van der Waals surface area contributed by atoms with Crippen LogP contribution in [0.5, 0.6) is 5.75 Å². The van der Waals surface area contributed by atoms with Gasteiger partial charge < -0.3 is 9.64 Å². The molecule has 0 N–H and O–H groups in total. The predicted molar refractivity (Wildman–Crippen MR) is 116 cm³/mol. The van der Waals surface area contributed by atoms with Crippen molar-refractivity contribution in [2.24, 2.45) is 0 Å². The number of fused-ring (bicyclic) bond motifs is 3. The number of aromatic nitrogens is 2. The van der Waals surface area contributed by atoms with E-state index in [0.717, 1.165) is 33.6 Å². The van der Waals surface area contributed by atoms with E-state index in [1.807, 2.05) is 28.9 Å². The highest BCUT2D eigenvalue weighted by Crippen LogP contribution is 2.42. The molecule has 0 amide bonds. The van der Waals surface area contributed by atoms with Gasteiger partial charge in [0.25, 0.3) is 0 Å². The summed E-state index contributed by atoms with van der Waals surface area (Å²) in [5.74, 6) is 0.929. The van der Waals surface area contributed by atoms with Gasteiger partial charge in [-0.15, -0.1) is 0 Å². The molecular weight excluding hydrogens is 358 g/mol. The Morgan fingerprint density at radius 1 is 0.862 bits per heavy atom. The van der Waals surface area contributed by atoms with Crippen molar-refractivity contribution < 1.29 is 4.74 Å². The molecule has 2 aromatic heterocycles. The van der Waals surface area contributed by atoms with E-state index >= 15 is 0 Å². The fourth-order valence-electron chi connectivity index (χ4n) is 4.17. The molecule has 1 unspecified atom stereocenters. The van der Waals surface area contributed by atoms with Crippen molar-refractivity contribution in [3.8, 4) is 16.9 Å². The monoisotopic (exact) mass is 377 g/mol. The smallest absolute Gasteiger partial charge is 0.198 e. The van der Waals surface area contributed by atoms with Gasteiger partial charge in [-0.25, -0.2) is 4.52 Å². The van der Waals surface area contributed by atoms with Crippen molar-refractivity contribution in [2.45, 2.75) is 6.23 Å². The second kappa shape index (κ2) is 6.11. The standard InChI is InChI=1S/C25H19N3O/c1-27-22-8-4-5-9-24(22)29-25(27)18-12-10-17(11-13-18)21-15-26-28-16-20-7-3-2-6-19(20)14-23(21)28/h2-16,25H,1H3. The third-order valence-electron chi connectivity index (χ3n) is 5.73. The highest BCUT2D eigenvalue weighted by molar-refractivity contribution is 5.90. The van der Waals surface area contributed by atoms with Crippen molar-refractivity contribution in [1.82, 2.24) is 9.61 Å². The van der Waals surface area contributed by atoms with Gasteiger partial charge in [-0.05, 0) is 29.1 Å².